The third-order valence-electron chi connectivity index (χ3n) is 7.73. The van der Waals surface area contributed by atoms with Crippen LogP contribution >= 0.6 is 35.3 Å². The molecule has 2 aromatic carbocycles. The van der Waals surface area contributed by atoms with E-state index in [1.807, 2.05) is 18.2 Å². The summed E-state index contributed by atoms with van der Waals surface area (Å²) in [4.78, 5) is 42.3. The van der Waals surface area contributed by atoms with Gasteiger partial charge in [-0.05, 0) is 66.4 Å². The highest BCUT2D eigenvalue weighted by Gasteiger charge is 2.42. The van der Waals surface area contributed by atoms with Crippen LogP contribution in [0.25, 0.3) is 11.0 Å². The number of benzene rings is 2. The molecule has 2 unspecified atom stereocenters. The predicted octanol–water partition coefficient (Wildman–Crippen LogP) is 3.77. The largest absolute Gasteiger partial charge is 0.497 e. The number of hydrogen-bond donors (Lipinski definition) is 1. The second-order valence-corrected chi connectivity index (χ2v) is 12.8. The summed E-state index contributed by atoms with van der Waals surface area (Å²) in [5.41, 5.74) is 3.95. The summed E-state index contributed by atoms with van der Waals surface area (Å²) in [7, 11) is 1.66. The number of nitrogens with zero attached hydrogens (tertiary/aromatic N) is 3. The molecule has 3 heterocycles. The Kier molecular flexibility index (Phi) is 7.35. The molecule has 1 saturated carbocycles. The molecule has 1 saturated heterocycles. The lowest BCUT2D eigenvalue weighted by Gasteiger charge is -2.27. The smallest absolute Gasteiger partial charge is 0.323 e. The first-order valence-electron chi connectivity index (χ1n) is 13.2. The quantitative estimate of drug-likeness (QED) is 0.322. The van der Waals surface area contributed by atoms with Crippen molar-refractivity contribution < 1.29 is 19.4 Å². The Balaban J connectivity index is 1.45. The maximum atomic E-state index is 13.5. The zero-order valence-electron chi connectivity index (χ0n) is 22.2. The average molecular weight is 606 g/mol. The Morgan fingerprint density at radius 2 is 1.98 bits per heavy atom. The molecule has 0 spiro atoms. The number of thiazole rings is 1. The van der Waals surface area contributed by atoms with Gasteiger partial charge in [0.05, 0.1) is 11.6 Å². The lowest BCUT2D eigenvalue weighted by Crippen LogP contribution is -2.35. The molecule has 8 nitrogen and oxygen atoms in total. The summed E-state index contributed by atoms with van der Waals surface area (Å²) in [5, 5.41) is 9.53. The van der Waals surface area contributed by atoms with Gasteiger partial charge < -0.3 is 14.7 Å². The van der Waals surface area contributed by atoms with E-state index < -0.39 is 18.1 Å². The number of hydrogen-bond acceptors (Lipinski definition) is 8. The summed E-state index contributed by atoms with van der Waals surface area (Å²) in [6.45, 7) is 3.37. The van der Waals surface area contributed by atoms with Gasteiger partial charge in [-0.15, -0.1) is 17.9 Å². The fraction of sp³-hybridized carbons (Fsp3) is 0.267. The van der Waals surface area contributed by atoms with Crippen LogP contribution < -0.4 is 24.4 Å². The van der Waals surface area contributed by atoms with Crippen LogP contribution in [0.2, 0.25) is 0 Å². The van der Waals surface area contributed by atoms with Crippen LogP contribution in [0.4, 0.5) is 11.4 Å². The van der Waals surface area contributed by atoms with Crippen LogP contribution in [0.1, 0.15) is 36.3 Å². The Morgan fingerprint density at radius 3 is 2.68 bits per heavy atom. The number of thioether (sulfide) groups is 1. The lowest BCUT2D eigenvalue weighted by atomic mass is 9.96. The molecule has 6 rings (SSSR count). The Bertz CT molecular complexity index is 1780. The molecule has 0 radical (unpaired) electrons. The molecular weight excluding hydrogens is 579 g/mol. The summed E-state index contributed by atoms with van der Waals surface area (Å²) >= 11 is 7.56. The number of anilines is 2. The van der Waals surface area contributed by atoms with Gasteiger partial charge in [0.15, 0.2) is 0 Å². The predicted molar refractivity (Wildman–Crippen MR) is 166 cm³/mol. The molecule has 2 atom stereocenters. The fourth-order valence-electron chi connectivity index (χ4n) is 5.98. The first-order valence-corrected chi connectivity index (χ1v) is 15.2. The van der Waals surface area contributed by atoms with Gasteiger partial charge in [0.1, 0.15) is 26.2 Å². The molecule has 3 aliphatic rings. The highest BCUT2D eigenvalue weighted by Crippen LogP contribution is 2.52. The van der Waals surface area contributed by atoms with Crippen LogP contribution in [0.5, 0.6) is 5.75 Å². The third-order valence-corrected chi connectivity index (χ3v) is 10.4. The first kappa shape index (κ1) is 27.5. The number of ether oxygens (including phenoxy) is 1. The van der Waals surface area contributed by atoms with E-state index in [1.165, 1.54) is 10.5 Å². The van der Waals surface area contributed by atoms with E-state index in [-0.39, 0.29) is 17.4 Å². The van der Waals surface area contributed by atoms with Crippen LogP contribution in [-0.2, 0) is 16.1 Å². The van der Waals surface area contributed by atoms with Crippen LogP contribution in [-0.4, -0.2) is 50.5 Å². The molecule has 0 bridgehead atoms. The number of carbonyl (C=O) groups excluding carboxylic acids is 1. The van der Waals surface area contributed by atoms with Crippen LogP contribution in [0.3, 0.4) is 0 Å². The molecule has 2 fully saturated rings. The van der Waals surface area contributed by atoms with Gasteiger partial charge >= 0.3 is 5.97 Å². The number of fused-ring (bicyclic) bond motifs is 3. The van der Waals surface area contributed by atoms with Crippen molar-refractivity contribution in [3.63, 3.8) is 0 Å². The van der Waals surface area contributed by atoms with Crippen molar-refractivity contribution >= 4 is 73.9 Å². The van der Waals surface area contributed by atoms with Gasteiger partial charge in [-0.25, -0.2) is 0 Å². The maximum absolute atomic E-state index is 13.5. The minimum atomic E-state index is -1.16. The molecule has 2 aliphatic heterocycles. The summed E-state index contributed by atoms with van der Waals surface area (Å²) < 4.78 is 7.52. The van der Waals surface area contributed by atoms with E-state index in [1.54, 1.807) is 19.3 Å². The van der Waals surface area contributed by atoms with Crippen molar-refractivity contribution in [3.05, 3.63) is 85.8 Å². The Labute approximate surface area is 249 Å². The van der Waals surface area contributed by atoms with E-state index in [0.717, 1.165) is 69.6 Å². The highest BCUT2D eigenvalue weighted by molar-refractivity contribution is 8.30. The summed E-state index contributed by atoms with van der Waals surface area (Å²) in [5.74, 6) is -0.308. The second kappa shape index (κ2) is 11.0. The van der Waals surface area contributed by atoms with Crippen molar-refractivity contribution in [1.82, 2.24) is 9.47 Å². The molecule has 1 N–H and O–H groups in total. The minimum Gasteiger partial charge on any atom is -0.497 e. The molecule has 1 amide bonds. The molecule has 3 aromatic rings. The fourth-order valence-corrected chi connectivity index (χ4v) is 8.51. The zero-order chi connectivity index (χ0) is 28.8. The number of carboxylic acid groups (broad SMARTS) is 1. The van der Waals surface area contributed by atoms with Gasteiger partial charge in [0.2, 0.25) is 0 Å². The standard InChI is InChI=1S/C30H27N3O5S3/c1-3-13-31-28(37)26(41-30(31)39)29-32(16-25(34)35)27(36)24(40-29)15-17-7-12-23-21(14-17)20-5-4-6-22(20)33(23)18-8-10-19(38-2)11-9-18/h3,7-12,14-15,20,22H,1,4-6,13,16H2,2H3,(H,34,35)/b24-15+,29-26+. The van der Waals surface area contributed by atoms with E-state index >= 15 is 0 Å². The molecule has 1 aliphatic carbocycles. The minimum absolute atomic E-state index is 0.243. The van der Waals surface area contributed by atoms with Crippen LogP contribution in [0, 0.1) is 0 Å². The topological polar surface area (TPSA) is 92.1 Å². The number of thiocarbonyl (C=S) groups is 1. The van der Waals surface area contributed by atoms with E-state index in [0.29, 0.717) is 25.5 Å². The van der Waals surface area contributed by atoms with Crippen LogP contribution in [0.15, 0.2) is 59.9 Å². The number of carboxylic acids is 1. The Hall–Kier alpha value is -3.67. The molecule has 210 valence electrons. The number of amides is 1. The number of carbonyl (C=O) groups is 2. The highest BCUT2D eigenvalue weighted by atomic mass is 32.2. The van der Waals surface area contributed by atoms with Gasteiger partial charge in [-0.2, -0.15) is 0 Å². The number of methoxy groups -OCH3 is 1. The molecule has 1 aromatic heterocycles. The van der Waals surface area contributed by atoms with Crippen molar-refractivity contribution in [2.45, 2.75) is 37.8 Å². The van der Waals surface area contributed by atoms with Gasteiger partial charge in [-0.3, -0.25) is 23.9 Å². The van der Waals surface area contributed by atoms with E-state index in [9.17, 15) is 19.5 Å². The lowest BCUT2D eigenvalue weighted by molar-refractivity contribution is -0.137. The maximum Gasteiger partial charge on any atom is 0.323 e. The van der Waals surface area contributed by atoms with Crippen molar-refractivity contribution in [2.75, 3.05) is 18.6 Å². The van der Waals surface area contributed by atoms with Gasteiger partial charge in [-0.1, -0.05) is 42.5 Å². The third kappa shape index (κ3) is 4.81. The average Bonchev–Trinajstić information content (AvgIpc) is 3.69. The van der Waals surface area contributed by atoms with Gasteiger partial charge in [0, 0.05) is 29.9 Å². The zero-order valence-corrected chi connectivity index (χ0v) is 24.7. The molecule has 11 heteroatoms. The summed E-state index contributed by atoms with van der Waals surface area (Å²) in [6.07, 6.45) is 6.72. The molecule has 41 heavy (non-hydrogen) atoms. The second-order valence-electron chi connectivity index (χ2n) is 10.1. The number of rotatable bonds is 7. The number of aliphatic carboxylic acids is 1. The van der Waals surface area contributed by atoms with E-state index in [4.69, 9.17) is 17.0 Å². The summed E-state index contributed by atoms with van der Waals surface area (Å²) in [6, 6.07) is 14.7. The Morgan fingerprint density at radius 1 is 1.20 bits per heavy atom. The van der Waals surface area contributed by atoms with Crippen molar-refractivity contribution in [1.29, 1.82) is 0 Å². The van der Waals surface area contributed by atoms with Crippen molar-refractivity contribution in [2.24, 2.45) is 0 Å². The number of aromatic nitrogens is 1. The van der Waals surface area contributed by atoms with Crippen molar-refractivity contribution in [3.8, 4) is 5.75 Å². The normalized spacial score (nSPS) is 21.4. The molecular formula is C30H27N3O5S3. The monoisotopic (exact) mass is 605 g/mol. The first-order chi connectivity index (χ1) is 19.8. The van der Waals surface area contributed by atoms with E-state index in [2.05, 4.69) is 35.7 Å². The SMILES string of the molecule is C=CCN1C(=O)/C(=c2\s/c(=C/c3ccc4c(c3)C3CCCC3N4c3ccc(OC)cc3)c(=O)n2CC(=O)O)SC1=S. The van der Waals surface area contributed by atoms with Gasteiger partial charge in [0.25, 0.3) is 11.5 Å².